The van der Waals surface area contributed by atoms with Gasteiger partial charge < -0.3 is 9.88 Å². The van der Waals surface area contributed by atoms with Gasteiger partial charge in [0.05, 0.1) is 17.1 Å². The van der Waals surface area contributed by atoms with Crippen molar-refractivity contribution < 1.29 is 4.79 Å². The molecule has 0 bridgehead atoms. The number of carbonyl (C=O) groups excluding carboxylic acids is 1. The zero-order chi connectivity index (χ0) is 19.0. The van der Waals surface area contributed by atoms with Crippen LogP contribution in [0.2, 0.25) is 0 Å². The number of hydrogen-bond donors (Lipinski definition) is 1. The summed E-state index contributed by atoms with van der Waals surface area (Å²) in [7, 11) is 1.98. The SMILES string of the molecule is CC(C)C[C@@H](NC(=O)c1ccn2nnnc2c1)c1nc2ccccc2n1C. The van der Waals surface area contributed by atoms with Crippen molar-refractivity contribution in [3.63, 3.8) is 0 Å². The van der Waals surface area contributed by atoms with E-state index in [0.29, 0.717) is 17.1 Å². The molecule has 138 valence electrons. The van der Waals surface area contributed by atoms with E-state index in [2.05, 4.69) is 34.7 Å². The van der Waals surface area contributed by atoms with Crippen LogP contribution in [-0.4, -0.2) is 35.5 Å². The third kappa shape index (κ3) is 3.25. The predicted molar refractivity (Wildman–Crippen MR) is 101 cm³/mol. The minimum Gasteiger partial charge on any atom is -0.342 e. The van der Waals surface area contributed by atoms with E-state index in [4.69, 9.17) is 4.98 Å². The third-order valence-corrected chi connectivity index (χ3v) is 4.61. The number of carbonyl (C=O) groups is 1. The number of hydrogen-bond acceptors (Lipinski definition) is 5. The zero-order valence-electron chi connectivity index (χ0n) is 15.5. The van der Waals surface area contributed by atoms with Crippen LogP contribution < -0.4 is 5.32 Å². The molecule has 4 rings (SSSR count). The summed E-state index contributed by atoms with van der Waals surface area (Å²) < 4.78 is 3.57. The second kappa shape index (κ2) is 6.79. The first kappa shape index (κ1) is 17.1. The quantitative estimate of drug-likeness (QED) is 0.588. The lowest BCUT2D eigenvalue weighted by atomic mass is 10.0. The average molecular weight is 363 g/mol. The first-order chi connectivity index (χ1) is 13.0. The molecule has 4 aromatic rings. The highest BCUT2D eigenvalue weighted by molar-refractivity contribution is 5.95. The van der Waals surface area contributed by atoms with Gasteiger partial charge in [-0.2, -0.15) is 0 Å². The van der Waals surface area contributed by atoms with E-state index in [1.54, 1.807) is 18.3 Å². The molecule has 0 aliphatic rings. The normalized spacial score (nSPS) is 12.7. The molecule has 0 fully saturated rings. The molecule has 0 aliphatic heterocycles. The van der Waals surface area contributed by atoms with Crippen molar-refractivity contribution in [2.75, 3.05) is 0 Å². The second-order valence-electron chi connectivity index (χ2n) is 7.07. The predicted octanol–water partition coefficient (Wildman–Crippen LogP) is 2.53. The molecular formula is C19H21N7O. The first-order valence-electron chi connectivity index (χ1n) is 8.93. The van der Waals surface area contributed by atoms with Crippen LogP contribution in [0.4, 0.5) is 0 Å². The summed E-state index contributed by atoms with van der Waals surface area (Å²) >= 11 is 0. The van der Waals surface area contributed by atoms with Gasteiger partial charge in [0, 0.05) is 18.8 Å². The molecule has 3 heterocycles. The number of fused-ring (bicyclic) bond motifs is 2. The minimum absolute atomic E-state index is 0.168. The number of pyridine rings is 1. The Morgan fingerprint density at radius 2 is 2.04 bits per heavy atom. The van der Waals surface area contributed by atoms with Gasteiger partial charge in [-0.05, 0) is 47.0 Å². The average Bonchev–Trinajstić information content (AvgIpc) is 3.25. The molecule has 1 atom stereocenters. The molecule has 0 radical (unpaired) electrons. The summed E-state index contributed by atoms with van der Waals surface area (Å²) in [6.45, 7) is 4.27. The van der Waals surface area contributed by atoms with E-state index < -0.39 is 0 Å². The fourth-order valence-corrected chi connectivity index (χ4v) is 3.30. The monoisotopic (exact) mass is 363 g/mol. The Morgan fingerprint density at radius 3 is 2.81 bits per heavy atom. The first-order valence-corrected chi connectivity index (χ1v) is 8.93. The van der Waals surface area contributed by atoms with Crippen LogP contribution in [0.15, 0.2) is 42.6 Å². The Labute approximate surface area is 156 Å². The van der Waals surface area contributed by atoms with Gasteiger partial charge in [-0.3, -0.25) is 4.79 Å². The third-order valence-electron chi connectivity index (χ3n) is 4.61. The van der Waals surface area contributed by atoms with Crippen molar-refractivity contribution in [3.8, 4) is 0 Å². The highest BCUT2D eigenvalue weighted by Gasteiger charge is 2.22. The minimum atomic E-state index is -0.192. The van der Waals surface area contributed by atoms with Gasteiger partial charge >= 0.3 is 0 Å². The number of tetrazole rings is 1. The van der Waals surface area contributed by atoms with Gasteiger partial charge in [0.1, 0.15) is 5.82 Å². The van der Waals surface area contributed by atoms with Gasteiger partial charge in [0.25, 0.3) is 5.91 Å². The van der Waals surface area contributed by atoms with Gasteiger partial charge in [-0.1, -0.05) is 26.0 Å². The number of amides is 1. The molecule has 1 aromatic carbocycles. The molecule has 1 amide bonds. The molecule has 0 spiro atoms. The number of rotatable bonds is 5. The standard InChI is InChI=1S/C19H21N7O/c1-12(2)10-15(18-20-14-6-4-5-7-16(14)25(18)3)21-19(27)13-8-9-26-17(11-13)22-23-24-26/h4-9,11-12,15H,10H2,1-3H3,(H,21,27)/t15-/m1/s1. The largest absolute Gasteiger partial charge is 0.342 e. The fourth-order valence-electron chi connectivity index (χ4n) is 3.30. The van der Waals surface area contributed by atoms with Gasteiger partial charge in [-0.15, -0.1) is 5.10 Å². The van der Waals surface area contributed by atoms with Crippen LogP contribution in [0.25, 0.3) is 16.7 Å². The van der Waals surface area contributed by atoms with E-state index >= 15 is 0 Å². The molecule has 0 saturated carbocycles. The molecule has 0 saturated heterocycles. The highest BCUT2D eigenvalue weighted by Crippen LogP contribution is 2.25. The Kier molecular flexibility index (Phi) is 4.31. The zero-order valence-corrected chi connectivity index (χ0v) is 15.5. The number of nitrogens with one attached hydrogen (secondary N) is 1. The van der Waals surface area contributed by atoms with Crippen molar-refractivity contribution in [1.29, 1.82) is 0 Å². The number of imidazole rings is 1. The lowest BCUT2D eigenvalue weighted by Gasteiger charge is -2.20. The Balaban J connectivity index is 1.67. The lowest BCUT2D eigenvalue weighted by molar-refractivity contribution is 0.0929. The number of benzene rings is 1. The molecule has 3 aromatic heterocycles. The number of nitrogens with zero attached hydrogens (tertiary/aromatic N) is 6. The molecule has 0 aliphatic carbocycles. The van der Waals surface area contributed by atoms with E-state index in [9.17, 15) is 4.79 Å². The van der Waals surface area contributed by atoms with E-state index in [1.807, 2.05) is 35.9 Å². The summed E-state index contributed by atoms with van der Waals surface area (Å²) in [5.41, 5.74) is 3.02. The summed E-state index contributed by atoms with van der Waals surface area (Å²) in [6, 6.07) is 11.2. The topological polar surface area (TPSA) is 90.0 Å². The fraction of sp³-hybridized carbons (Fsp3) is 0.316. The molecule has 27 heavy (non-hydrogen) atoms. The van der Waals surface area contributed by atoms with Gasteiger partial charge in [0.15, 0.2) is 5.65 Å². The number of aromatic nitrogens is 6. The number of aryl methyl sites for hydroxylation is 1. The van der Waals surface area contributed by atoms with E-state index in [-0.39, 0.29) is 11.9 Å². The number of para-hydroxylation sites is 2. The lowest BCUT2D eigenvalue weighted by Crippen LogP contribution is -2.31. The Bertz CT molecular complexity index is 1110. The maximum atomic E-state index is 12.9. The van der Waals surface area contributed by atoms with Crippen molar-refractivity contribution in [3.05, 3.63) is 54.0 Å². The highest BCUT2D eigenvalue weighted by atomic mass is 16.1. The Hall–Kier alpha value is -3.29. The maximum absolute atomic E-state index is 12.9. The molecule has 0 unspecified atom stereocenters. The molecule has 8 nitrogen and oxygen atoms in total. The van der Waals surface area contributed by atoms with E-state index in [1.165, 1.54) is 4.52 Å². The van der Waals surface area contributed by atoms with Crippen LogP contribution >= 0.6 is 0 Å². The van der Waals surface area contributed by atoms with Crippen molar-refractivity contribution in [2.24, 2.45) is 13.0 Å². The van der Waals surface area contributed by atoms with Crippen LogP contribution in [0.5, 0.6) is 0 Å². The summed E-state index contributed by atoms with van der Waals surface area (Å²) in [4.78, 5) is 17.6. The van der Waals surface area contributed by atoms with Crippen LogP contribution in [-0.2, 0) is 7.05 Å². The molecular weight excluding hydrogens is 342 g/mol. The van der Waals surface area contributed by atoms with Crippen LogP contribution in [0.3, 0.4) is 0 Å². The maximum Gasteiger partial charge on any atom is 0.252 e. The van der Waals surface area contributed by atoms with E-state index in [0.717, 1.165) is 23.3 Å². The van der Waals surface area contributed by atoms with Crippen LogP contribution in [0.1, 0.15) is 42.5 Å². The summed E-state index contributed by atoms with van der Waals surface area (Å²) in [5, 5.41) is 14.5. The second-order valence-corrected chi connectivity index (χ2v) is 7.07. The van der Waals surface area contributed by atoms with Gasteiger partial charge in [0.2, 0.25) is 0 Å². The van der Waals surface area contributed by atoms with Crippen molar-refractivity contribution >= 4 is 22.6 Å². The van der Waals surface area contributed by atoms with Crippen molar-refractivity contribution in [1.82, 2.24) is 34.9 Å². The molecule has 8 heteroatoms. The van der Waals surface area contributed by atoms with Gasteiger partial charge in [-0.25, -0.2) is 9.50 Å². The summed E-state index contributed by atoms with van der Waals surface area (Å²) in [6.07, 6.45) is 2.47. The van der Waals surface area contributed by atoms with Crippen molar-refractivity contribution in [2.45, 2.75) is 26.3 Å². The smallest absolute Gasteiger partial charge is 0.252 e. The molecule has 1 N–H and O–H groups in total. The Morgan fingerprint density at radius 1 is 1.22 bits per heavy atom. The van der Waals surface area contributed by atoms with Crippen LogP contribution in [0, 0.1) is 5.92 Å². The summed E-state index contributed by atoms with van der Waals surface area (Å²) in [5.74, 6) is 1.08.